The Morgan fingerprint density at radius 2 is 2.25 bits per heavy atom. The van der Waals surface area contributed by atoms with Crippen molar-refractivity contribution < 1.29 is 9.59 Å². The van der Waals surface area contributed by atoms with Crippen molar-refractivity contribution in [3.8, 4) is 0 Å². The number of nitrogens with one attached hydrogen (secondary N) is 2. The first-order chi connectivity index (χ1) is 7.66. The molecule has 0 saturated carbocycles. The van der Waals surface area contributed by atoms with Gasteiger partial charge in [0.15, 0.2) is 5.82 Å². The minimum atomic E-state index is -0.636. The van der Waals surface area contributed by atoms with Gasteiger partial charge in [0.1, 0.15) is 5.52 Å². The fourth-order valence-electron chi connectivity index (χ4n) is 1.90. The average molecular weight is 216 g/mol. The number of aromatic amines is 1. The number of hydrogen-bond acceptors (Lipinski definition) is 3. The van der Waals surface area contributed by atoms with Crippen LogP contribution in [0.15, 0.2) is 12.1 Å². The van der Waals surface area contributed by atoms with E-state index in [0.717, 1.165) is 5.56 Å². The molecule has 1 aliphatic heterocycles. The fraction of sp³-hybridized carbons (Fsp3) is 0.100. The van der Waals surface area contributed by atoms with Crippen molar-refractivity contribution >= 4 is 22.8 Å². The molecule has 6 heteroatoms. The lowest BCUT2D eigenvalue weighted by Crippen LogP contribution is -2.13. The predicted molar refractivity (Wildman–Crippen MR) is 55.8 cm³/mol. The summed E-state index contributed by atoms with van der Waals surface area (Å²) in [5.41, 5.74) is 7.69. The van der Waals surface area contributed by atoms with Gasteiger partial charge in [-0.05, 0) is 11.6 Å². The Balaban J connectivity index is 2.36. The van der Waals surface area contributed by atoms with Gasteiger partial charge in [0.2, 0.25) is 0 Å². The lowest BCUT2D eigenvalue weighted by Gasteiger charge is -1.94. The zero-order chi connectivity index (χ0) is 11.3. The van der Waals surface area contributed by atoms with Gasteiger partial charge in [-0.3, -0.25) is 9.59 Å². The van der Waals surface area contributed by atoms with Crippen molar-refractivity contribution in [3.05, 3.63) is 29.1 Å². The Kier molecular flexibility index (Phi) is 1.57. The molecule has 1 aliphatic rings. The summed E-state index contributed by atoms with van der Waals surface area (Å²) < 4.78 is 0. The normalized spacial score (nSPS) is 13.9. The van der Waals surface area contributed by atoms with E-state index in [4.69, 9.17) is 5.73 Å². The molecular weight excluding hydrogens is 208 g/mol. The van der Waals surface area contributed by atoms with Crippen LogP contribution >= 0.6 is 0 Å². The maximum absolute atomic E-state index is 11.6. The van der Waals surface area contributed by atoms with E-state index in [2.05, 4.69) is 15.3 Å². The lowest BCUT2D eigenvalue weighted by atomic mass is 10.1. The van der Waals surface area contributed by atoms with Crippen molar-refractivity contribution in [1.82, 2.24) is 15.3 Å². The van der Waals surface area contributed by atoms with Crippen molar-refractivity contribution in [2.24, 2.45) is 5.73 Å². The maximum atomic E-state index is 11.6. The number of carbonyl (C=O) groups excluding carboxylic acids is 2. The van der Waals surface area contributed by atoms with E-state index >= 15 is 0 Å². The van der Waals surface area contributed by atoms with Gasteiger partial charge in [0.05, 0.1) is 11.1 Å². The van der Waals surface area contributed by atoms with Crippen LogP contribution in [0.25, 0.3) is 11.0 Å². The van der Waals surface area contributed by atoms with Crippen molar-refractivity contribution in [3.63, 3.8) is 0 Å². The highest BCUT2D eigenvalue weighted by molar-refractivity contribution is 6.09. The van der Waals surface area contributed by atoms with Crippen LogP contribution in [0.1, 0.15) is 26.5 Å². The SMILES string of the molecule is NC(=O)c1nc2c3c(ccc2[nH]1)CNC3=O. The number of primary amides is 1. The van der Waals surface area contributed by atoms with Gasteiger partial charge in [-0.25, -0.2) is 4.98 Å². The summed E-state index contributed by atoms with van der Waals surface area (Å²) in [6.07, 6.45) is 0. The molecule has 0 fully saturated rings. The Bertz CT molecular complexity index is 629. The third kappa shape index (κ3) is 1.04. The van der Waals surface area contributed by atoms with Crippen LogP contribution in [0.5, 0.6) is 0 Å². The molecule has 2 aromatic rings. The molecule has 2 amide bonds. The summed E-state index contributed by atoms with van der Waals surface area (Å²) in [5.74, 6) is -0.727. The second-order valence-corrected chi connectivity index (χ2v) is 3.63. The third-order valence-corrected chi connectivity index (χ3v) is 2.64. The van der Waals surface area contributed by atoms with Gasteiger partial charge < -0.3 is 16.0 Å². The number of nitrogens with zero attached hydrogens (tertiary/aromatic N) is 1. The molecule has 1 aromatic carbocycles. The number of carbonyl (C=O) groups is 2. The van der Waals surface area contributed by atoms with Gasteiger partial charge in [0, 0.05) is 6.54 Å². The van der Waals surface area contributed by atoms with E-state index in [1.807, 2.05) is 6.07 Å². The Morgan fingerprint density at radius 1 is 1.44 bits per heavy atom. The molecule has 2 heterocycles. The van der Waals surface area contributed by atoms with Crippen LogP contribution in [0.3, 0.4) is 0 Å². The molecule has 80 valence electrons. The lowest BCUT2D eigenvalue weighted by molar-refractivity contribution is 0.0963. The van der Waals surface area contributed by atoms with Crippen molar-refractivity contribution in [2.75, 3.05) is 0 Å². The maximum Gasteiger partial charge on any atom is 0.284 e. The molecule has 0 aliphatic carbocycles. The Hall–Kier alpha value is -2.37. The van der Waals surface area contributed by atoms with E-state index in [-0.39, 0.29) is 11.7 Å². The van der Waals surface area contributed by atoms with Gasteiger partial charge in [-0.2, -0.15) is 0 Å². The van der Waals surface area contributed by atoms with E-state index in [1.54, 1.807) is 6.07 Å². The van der Waals surface area contributed by atoms with Crippen molar-refractivity contribution in [1.29, 1.82) is 0 Å². The molecule has 0 spiro atoms. The number of fused-ring (bicyclic) bond motifs is 3. The molecule has 0 bridgehead atoms. The zero-order valence-electron chi connectivity index (χ0n) is 8.20. The monoisotopic (exact) mass is 216 g/mol. The van der Waals surface area contributed by atoms with E-state index in [1.165, 1.54) is 0 Å². The number of aromatic nitrogens is 2. The molecular formula is C10H8N4O2. The van der Waals surface area contributed by atoms with Crippen LogP contribution < -0.4 is 11.1 Å². The summed E-state index contributed by atoms with van der Waals surface area (Å²) in [6, 6.07) is 3.62. The second kappa shape index (κ2) is 2.82. The highest BCUT2D eigenvalue weighted by Gasteiger charge is 2.24. The number of hydrogen-bond donors (Lipinski definition) is 3. The van der Waals surface area contributed by atoms with E-state index in [9.17, 15) is 9.59 Å². The molecule has 0 radical (unpaired) electrons. The summed E-state index contributed by atoms with van der Waals surface area (Å²) >= 11 is 0. The summed E-state index contributed by atoms with van der Waals surface area (Å²) in [6.45, 7) is 0.503. The molecule has 0 unspecified atom stereocenters. The van der Waals surface area contributed by atoms with Gasteiger partial charge >= 0.3 is 0 Å². The Morgan fingerprint density at radius 3 is 3.00 bits per heavy atom. The minimum absolute atomic E-state index is 0.0723. The number of nitrogens with two attached hydrogens (primary N) is 1. The number of rotatable bonds is 1. The average Bonchev–Trinajstić information content (AvgIpc) is 2.81. The van der Waals surface area contributed by atoms with E-state index < -0.39 is 5.91 Å². The quantitative estimate of drug-likeness (QED) is 0.620. The smallest absolute Gasteiger partial charge is 0.284 e. The standard InChI is InChI=1S/C10H8N4O2/c11-8(15)9-13-5-2-1-4-3-12-10(16)6(4)7(5)14-9/h1-2H,3H2,(H2,11,15)(H,12,16)(H,13,14). The molecule has 1 aromatic heterocycles. The highest BCUT2D eigenvalue weighted by Crippen LogP contribution is 2.24. The minimum Gasteiger partial charge on any atom is -0.363 e. The number of H-pyrrole nitrogens is 1. The first-order valence-electron chi connectivity index (χ1n) is 4.76. The molecule has 4 N–H and O–H groups in total. The fourth-order valence-corrected chi connectivity index (χ4v) is 1.90. The number of amides is 2. The third-order valence-electron chi connectivity index (χ3n) is 2.64. The predicted octanol–water partition coefficient (Wildman–Crippen LogP) is -0.0948. The van der Waals surface area contributed by atoms with Gasteiger partial charge in [-0.15, -0.1) is 0 Å². The number of benzene rings is 1. The topological polar surface area (TPSA) is 101 Å². The van der Waals surface area contributed by atoms with Crippen LogP contribution in [-0.2, 0) is 6.54 Å². The van der Waals surface area contributed by atoms with Crippen LogP contribution in [0.4, 0.5) is 0 Å². The van der Waals surface area contributed by atoms with Crippen molar-refractivity contribution in [2.45, 2.75) is 6.54 Å². The molecule has 0 atom stereocenters. The van der Waals surface area contributed by atoms with Gasteiger partial charge in [-0.1, -0.05) is 6.07 Å². The summed E-state index contributed by atoms with van der Waals surface area (Å²) in [4.78, 5) is 29.4. The van der Waals surface area contributed by atoms with Crippen LogP contribution in [-0.4, -0.2) is 21.8 Å². The molecule has 16 heavy (non-hydrogen) atoms. The number of imidazole rings is 1. The van der Waals surface area contributed by atoms with Gasteiger partial charge in [0.25, 0.3) is 11.8 Å². The second-order valence-electron chi connectivity index (χ2n) is 3.63. The van der Waals surface area contributed by atoms with E-state index in [0.29, 0.717) is 23.1 Å². The molecule has 0 saturated heterocycles. The summed E-state index contributed by atoms with van der Waals surface area (Å²) in [7, 11) is 0. The highest BCUT2D eigenvalue weighted by atomic mass is 16.2. The largest absolute Gasteiger partial charge is 0.363 e. The first-order valence-corrected chi connectivity index (χ1v) is 4.76. The summed E-state index contributed by atoms with van der Waals surface area (Å²) in [5, 5.41) is 2.71. The molecule has 6 nitrogen and oxygen atoms in total. The first kappa shape index (κ1) is 8.90. The van der Waals surface area contributed by atoms with Crippen LogP contribution in [0.2, 0.25) is 0 Å². The molecule has 3 rings (SSSR count). The zero-order valence-corrected chi connectivity index (χ0v) is 8.20. The van der Waals surface area contributed by atoms with Crippen LogP contribution in [0, 0.1) is 0 Å². The Labute approximate surface area is 89.8 Å².